The van der Waals surface area contributed by atoms with Crippen LogP contribution in [0.4, 0.5) is 8.78 Å². The molecule has 0 amide bonds. The lowest BCUT2D eigenvalue weighted by atomic mass is 10.1. The highest BCUT2D eigenvalue weighted by molar-refractivity contribution is 5.19. The van der Waals surface area contributed by atoms with Gasteiger partial charge in [0, 0.05) is 12.1 Å². The average molecular weight is 267 g/mol. The third-order valence-electron chi connectivity index (χ3n) is 2.70. The molecule has 0 saturated carbocycles. The van der Waals surface area contributed by atoms with Crippen molar-refractivity contribution in [1.82, 2.24) is 25.5 Å². The third kappa shape index (κ3) is 3.78. The van der Waals surface area contributed by atoms with Gasteiger partial charge in [-0.25, -0.2) is 8.78 Å². The summed E-state index contributed by atoms with van der Waals surface area (Å²) in [5, 5.41) is 14.7. The number of hydrogen-bond acceptors (Lipinski definition) is 4. The summed E-state index contributed by atoms with van der Waals surface area (Å²) in [4.78, 5) is 1.38. The van der Waals surface area contributed by atoms with E-state index in [9.17, 15) is 8.78 Å². The monoisotopic (exact) mass is 267 g/mol. The normalized spacial score (nSPS) is 12.6. The van der Waals surface area contributed by atoms with Crippen LogP contribution >= 0.6 is 0 Å². The molecule has 7 heteroatoms. The lowest BCUT2D eigenvalue weighted by molar-refractivity contribution is 0.511. The fraction of sp³-hybridized carbons (Fsp3) is 0.417. The van der Waals surface area contributed by atoms with Crippen molar-refractivity contribution in [2.75, 3.05) is 0 Å². The molecule has 5 nitrogen and oxygen atoms in total. The molecule has 2 rings (SSSR count). The van der Waals surface area contributed by atoms with Crippen LogP contribution in [0.2, 0.25) is 0 Å². The van der Waals surface area contributed by atoms with Crippen molar-refractivity contribution >= 4 is 0 Å². The van der Waals surface area contributed by atoms with Gasteiger partial charge in [-0.2, -0.15) is 4.80 Å². The number of halogens is 2. The van der Waals surface area contributed by atoms with Crippen LogP contribution in [-0.2, 0) is 20.0 Å². The minimum absolute atomic E-state index is 0.0174. The van der Waals surface area contributed by atoms with E-state index in [1.54, 1.807) is 7.05 Å². The Bertz CT molecular complexity index is 555. The Kier molecular flexibility index (Phi) is 4.16. The fourth-order valence-electron chi connectivity index (χ4n) is 1.75. The van der Waals surface area contributed by atoms with Crippen LogP contribution in [0.1, 0.15) is 18.3 Å². The molecule has 102 valence electrons. The van der Waals surface area contributed by atoms with E-state index in [0.29, 0.717) is 24.4 Å². The highest BCUT2D eigenvalue weighted by Crippen LogP contribution is 2.11. The number of benzene rings is 1. The van der Waals surface area contributed by atoms with Gasteiger partial charge in [0.25, 0.3) is 0 Å². The molecule has 0 fully saturated rings. The van der Waals surface area contributed by atoms with Crippen molar-refractivity contribution < 1.29 is 8.78 Å². The molecule has 0 aliphatic heterocycles. The number of nitrogens with one attached hydrogen (secondary N) is 1. The smallest absolute Gasteiger partial charge is 0.188 e. The van der Waals surface area contributed by atoms with Crippen LogP contribution in [0.5, 0.6) is 0 Å². The summed E-state index contributed by atoms with van der Waals surface area (Å²) in [6, 6.07) is 3.63. The van der Waals surface area contributed by atoms with E-state index in [1.165, 1.54) is 16.9 Å². The van der Waals surface area contributed by atoms with E-state index in [4.69, 9.17) is 0 Å². The van der Waals surface area contributed by atoms with Crippen molar-refractivity contribution in [3.63, 3.8) is 0 Å². The van der Waals surface area contributed by atoms with Gasteiger partial charge in [-0.05, 0) is 30.2 Å². The molecule has 0 aliphatic carbocycles. The van der Waals surface area contributed by atoms with Gasteiger partial charge in [0.15, 0.2) is 5.82 Å². The van der Waals surface area contributed by atoms with Crippen LogP contribution in [0.15, 0.2) is 18.2 Å². The number of aryl methyl sites for hydroxylation is 1. The molecule has 0 spiro atoms. The van der Waals surface area contributed by atoms with Gasteiger partial charge >= 0.3 is 0 Å². The number of tetrazole rings is 1. The standard InChI is InChI=1S/C12H15F2N5/c1-8(15-7-12-16-18-19(2)17-12)5-9-3-4-10(13)6-11(9)14/h3-4,6,8,15H,5,7H2,1-2H3. The van der Waals surface area contributed by atoms with E-state index in [0.717, 1.165) is 6.07 Å². The Labute approximate surface area is 109 Å². The van der Waals surface area contributed by atoms with Gasteiger partial charge in [0.05, 0.1) is 13.6 Å². The van der Waals surface area contributed by atoms with E-state index >= 15 is 0 Å². The topological polar surface area (TPSA) is 55.6 Å². The Morgan fingerprint density at radius 2 is 2.16 bits per heavy atom. The zero-order valence-electron chi connectivity index (χ0n) is 10.8. The number of nitrogens with zero attached hydrogens (tertiary/aromatic N) is 4. The number of hydrogen-bond donors (Lipinski definition) is 1. The first-order valence-electron chi connectivity index (χ1n) is 5.95. The lowest BCUT2D eigenvalue weighted by Crippen LogP contribution is -2.28. The van der Waals surface area contributed by atoms with Crippen molar-refractivity contribution in [2.24, 2.45) is 7.05 Å². The van der Waals surface area contributed by atoms with Gasteiger partial charge in [-0.1, -0.05) is 6.07 Å². The summed E-state index contributed by atoms with van der Waals surface area (Å²) >= 11 is 0. The molecule has 19 heavy (non-hydrogen) atoms. The van der Waals surface area contributed by atoms with Gasteiger partial charge in [-0.3, -0.25) is 0 Å². The van der Waals surface area contributed by atoms with Crippen LogP contribution in [0.25, 0.3) is 0 Å². The Hall–Kier alpha value is -1.89. The summed E-state index contributed by atoms with van der Waals surface area (Å²) in [6.45, 7) is 2.37. The number of aromatic nitrogens is 4. The molecule has 2 aromatic rings. The molecule has 1 aromatic heterocycles. The zero-order valence-corrected chi connectivity index (χ0v) is 10.8. The first kappa shape index (κ1) is 13.5. The highest BCUT2D eigenvalue weighted by Gasteiger charge is 2.09. The Morgan fingerprint density at radius 1 is 1.37 bits per heavy atom. The molecule has 1 aromatic carbocycles. The summed E-state index contributed by atoms with van der Waals surface area (Å²) < 4.78 is 26.2. The summed E-state index contributed by atoms with van der Waals surface area (Å²) in [5.41, 5.74) is 0.480. The molecule has 0 aliphatic rings. The third-order valence-corrected chi connectivity index (χ3v) is 2.70. The van der Waals surface area contributed by atoms with E-state index in [-0.39, 0.29) is 6.04 Å². The van der Waals surface area contributed by atoms with Crippen molar-refractivity contribution in [3.05, 3.63) is 41.2 Å². The van der Waals surface area contributed by atoms with E-state index in [1.807, 2.05) is 6.92 Å². The minimum atomic E-state index is -0.564. The highest BCUT2D eigenvalue weighted by atomic mass is 19.1. The van der Waals surface area contributed by atoms with Crippen molar-refractivity contribution in [3.8, 4) is 0 Å². The maximum Gasteiger partial charge on any atom is 0.188 e. The minimum Gasteiger partial charge on any atom is -0.307 e. The fourth-order valence-corrected chi connectivity index (χ4v) is 1.75. The SMILES string of the molecule is CC(Cc1ccc(F)cc1F)NCc1nnn(C)n1. The Morgan fingerprint density at radius 3 is 2.79 bits per heavy atom. The Balaban J connectivity index is 1.88. The quantitative estimate of drug-likeness (QED) is 0.884. The molecule has 1 N–H and O–H groups in total. The largest absolute Gasteiger partial charge is 0.307 e. The summed E-state index contributed by atoms with van der Waals surface area (Å²) in [7, 11) is 1.69. The van der Waals surface area contributed by atoms with Gasteiger partial charge in [0.1, 0.15) is 11.6 Å². The van der Waals surface area contributed by atoms with E-state index in [2.05, 4.69) is 20.7 Å². The first-order chi connectivity index (χ1) is 9.04. The van der Waals surface area contributed by atoms with Crippen LogP contribution in [0.3, 0.4) is 0 Å². The van der Waals surface area contributed by atoms with Gasteiger partial charge in [-0.15, -0.1) is 10.2 Å². The van der Waals surface area contributed by atoms with Crippen molar-refractivity contribution in [2.45, 2.75) is 25.9 Å². The van der Waals surface area contributed by atoms with Gasteiger partial charge in [0.2, 0.25) is 0 Å². The zero-order chi connectivity index (χ0) is 13.8. The average Bonchev–Trinajstić information content (AvgIpc) is 2.76. The predicted molar refractivity (Wildman–Crippen MR) is 65.2 cm³/mol. The molecule has 1 unspecified atom stereocenters. The van der Waals surface area contributed by atoms with E-state index < -0.39 is 11.6 Å². The molecule has 0 bridgehead atoms. The second-order valence-electron chi connectivity index (χ2n) is 4.42. The summed E-state index contributed by atoms with van der Waals surface area (Å²) in [6.07, 6.45) is 0.465. The second kappa shape index (κ2) is 5.83. The van der Waals surface area contributed by atoms with Crippen LogP contribution in [0, 0.1) is 11.6 Å². The first-order valence-corrected chi connectivity index (χ1v) is 5.95. The molecule has 1 atom stereocenters. The molecule has 1 heterocycles. The van der Waals surface area contributed by atoms with Gasteiger partial charge < -0.3 is 5.32 Å². The summed E-state index contributed by atoms with van der Waals surface area (Å²) in [5.74, 6) is -0.508. The van der Waals surface area contributed by atoms with Crippen molar-refractivity contribution in [1.29, 1.82) is 0 Å². The molecule has 0 radical (unpaired) electrons. The van der Waals surface area contributed by atoms with Crippen LogP contribution in [-0.4, -0.2) is 26.2 Å². The van der Waals surface area contributed by atoms with Crippen LogP contribution < -0.4 is 5.32 Å². The molecular formula is C12H15F2N5. The predicted octanol–water partition coefficient (Wildman–Crippen LogP) is 1.21. The second-order valence-corrected chi connectivity index (χ2v) is 4.42. The maximum absolute atomic E-state index is 13.5. The molecule has 0 saturated heterocycles. The lowest BCUT2D eigenvalue weighted by Gasteiger charge is -2.13. The molecular weight excluding hydrogens is 252 g/mol. The number of rotatable bonds is 5. The maximum atomic E-state index is 13.5.